The van der Waals surface area contributed by atoms with Gasteiger partial charge in [0.05, 0.1) is 24.2 Å². The maximum absolute atomic E-state index is 12.5. The molecular weight excluding hydrogens is 420 g/mol. The summed E-state index contributed by atoms with van der Waals surface area (Å²) in [5.74, 6) is 0. The van der Waals surface area contributed by atoms with E-state index in [9.17, 15) is 52.7 Å². The fourth-order valence-corrected chi connectivity index (χ4v) is 12.1. The third-order valence-electron chi connectivity index (χ3n) is 2.79. The predicted molar refractivity (Wildman–Crippen MR) is 67.8 cm³/mol. The smallest absolute Gasteiger partial charge is 0.389 e. The van der Waals surface area contributed by atoms with Gasteiger partial charge in [0.15, 0.2) is 16.6 Å². The molecule has 0 bridgehead atoms. The quantitative estimate of drug-likeness (QED) is 0.347. The highest BCUT2D eigenvalue weighted by Crippen LogP contribution is 2.43. The lowest BCUT2D eigenvalue weighted by Crippen LogP contribution is -2.54. The lowest BCUT2D eigenvalue weighted by atomic mass is 10.8. The van der Waals surface area contributed by atoms with E-state index >= 15 is 0 Å². The van der Waals surface area contributed by atoms with Gasteiger partial charge in [0.2, 0.25) is 0 Å². The van der Waals surface area contributed by atoms with Crippen molar-refractivity contribution in [1.82, 2.24) is 0 Å². The van der Waals surface area contributed by atoms with Crippen molar-refractivity contribution in [3.8, 4) is 0 Å². The molecule has 0 aliphatic rings. The molecule has 0 aromatic rings. The minimum atomic E-state index is -5.22. The zero-order valence-corrected chi connectivity index (χ0v) is 14.8. The van der Waals surface area contributed by atoms with Crippen LogP contribution in [0.2, 0.25) is 37.3 Å². The van der Waals surface area contributed by atoms with Gasteiger partial charge in [-0.3, -0.25) is 0 Å². The molecule has 1 nitrogen and oxygen atoms in total. The molecule has 25 heavy (non-hydrogen) atoms. The van der Waals surface area contributed by atoms with Crippen LogP contribution in [0.3, 0.4) is 0 Å². The second kappa shape index (κ2) is 7.29. The molecule has 15 heteroatoms. The van der Waals surface area contributed by atoms with Crippen molar-refractivity contribution < 1.29 is 56.8 Å². The summed E-state index contributed by atoms with van der Waals surface area (Å²) in [4.78, 5) is 0. The van der Waals surface area contributed by atoms with Gasteiger partial charge >= 0.3 is 24.7 Å². The molecule has 0 saturated heterocycles. The molecule has 0 unspecified atom stereocenters. The van der Waals surface area contributed by atoms with E-state index in [1.54, 1.807) is 0 Å². The van der Waals surface area contributed by atoms with Crippen LogP contribution in [0.4, 0.5) is 52.7 Å². The molecule has 0 fully saturated rings. The van der Waals surface area contributed by atoms with Crippen LogP contribution in [-0.4, -0.2) is 41.3 Å². The number of alkyl halides is 12. The molecule has 0 aromatic carbocycles. The summed E-state index contributed by atoms with van der Waals surface area (Å²) in [6.45, 7) is 0.706. The van der Waals surface area contributed by atoms with Crippen LogP contribution in [0.1, 0.15) is 0 Å². The Morgan fingerprint density at radius 1 is 0.480 bits per heavy atom. The average Bonchev–Trinajstić information content (AvgIpc) is 1.97. The van der Waals surface area contributed by atoms with Gasteiger partial charge in [-0.15, -0.1) is 0 Å². The summed E-state index contributed by atoms with van der Waals surface area (Å²) in [5.41, 5.74) is 0. The van der Waals surface area contributed by atoms with Crippen molar-refractivity contribution >= 4 is 16.6 Å². The Bertz CT molecular complexity index is 363. The summed E-state index contributed by atoms with van der Waals surface area (Å²) in [6.07, 6.45) is -20.9. The van der Waals surface area contributed by atoms with Crippen LogP contribution in [0.15, 0.2) is 0 Å². The lowest BCUT2D eigenvalue weighted by molar-refractivity contribution is -0.123. The van der Waals surface area contributed by atoms with E-state index in [1.165, 1.54) is 0 Å². The molecule has 0 heterocycles. The van der Waals surface area contributed by atoms with Crippen LogP contribution in [0, 0.1) is 0 Å². The number of hydrogen-bond donors (Lipinski definition) is 0. The van der Waals surface area contributed by atoms with E-state index in [1.807, 2.05) is 0 Å². The van der Waals surface area contributed by atoms with Gasteiger partial charge < -0.3 is 4.12 Å². The van der Waals surface area contributed by atoms with Gasteiger partial charge in [0, 0.05) is 0 Å². The Hall–Kier alpha value is -0.446. The van der Waals surface area contributed by atoms with E-state index in [4.69, 9.17) is 0 Å². The molecule has 0 N–H and O–H groups in total. The Balaban J connectivity index is 5.79. The van der Waals surface area contributed by atoms with Crippen LogP contribution in [0.25, 0.3) is 0 Å². The summed E-state index contributed by atoms with van der Waals surface area (Å²) in [5, 5.41) is 0. The van der Waals surface area contributed by atoms with Crippen molar-refractivity contribution in [3.05, 3.63) is 0 Å². The zero-order valence-electron chi connectivity index (χ0n) is 12.8. The van der Waals surface area contributed by atoms with E-state index in [0.29, 0.717) is 13.1 Å². The molecule has 0 aliphatic carbocycles. The molecule has 0 amide bonds. The predicted octanol–water partition coefficient (Wildman–Crippen LogP) is 6.40. The summed E-state index contributed by atoms with van der Waals surface area (Å²) >= 11 is 0. The molecule has 0 rings (SSSR count). The van der Waals surface area contributed by atoms with Gasteiger partial charge in [0.25, 0.3) is 0 Å². The van der Waals surface area contributed by atoms with Crippen molar-refractivity contribution in [3.63, 3.8) is 0 Å². The Morgan fingerprint density at radius 3 is 0.760 bits per heavy atom. The van der Waals surface area contributed by atoms with E-state index in [-0.39, 0.29) is 0 Å². The van der Waals surface area contributed by atoms with Crippen LogP contribution in [-0.2, 0) is 4.12 Å². The fraction of sp³-hybridized carbons (Fsp3) is 1.00. The maximum Gasteiger partial charge on any atom is 0.389 e. The number of rotatable bonds is 6. The Morgan fingerprint density at radius 2 is 0.640 bits per heavy atom. The topological polar surface area (TPSA) is 9.23 Å². The second-order valence-electron chi connectivity index (χ2n) is 6.17. The SMILES string of the molecule is C[Si](CC(F)(F)F)(CC(F)(F)F)O[Si](C)(CC(F)(F)F)CC(F)(F)F. The normalized spacial score (nSPS) is 15.6. The minimum absolute atomic E-state index is 0.353. The highest BCUT2D eigenvalue weighted by molar-refractivity contribution is 6.86. The average molecular weight is 434 g/mol. The van der Waals surface area contributed by atoms with Gasteiger partial charge in [-0.25, -0.2) is 0 Å². The summed E-state index contributed by atoms with van der Waals surface area (Å²) in [7, 11) is -10.1. The largest absolute Gasteiger partial charge is 0.454 e. The van der Waals surface area contributed by atoms with Gasteiger partial charge in [-0.1, -0.05) is 0 Å². The van der Waals surface area contributed by atoms with E-state index < -0.39 is 65.5 Å². The molecule has 0 spiro atoms. The van der Waals surface area contributed by atoms with E-state index in [2.05, 4.69) is 4.12 Å². The summed E-state index contributed by atoms with van der Waals surface area (Å²) in [6, 6.07) is -8.79. The highest BCUT2D eigenvalue weighted by atomic mass is 28.4. The molecule has 0 atom stereocenters. The van der Waals surface area contributed by atoms with Gasteiger partial charge in [-0.2, -0.15) is 52.7 Å². The lowest BCUT2D eigenvalue weighted by Gasteiger charge is -2.39. The molecule has 0 saturated carbocycles. The first kappa shape index (κ1) is 24.6. The third kappa shape index (κ3) is 12.5. The van der Waals surface area contributed by atoms with Crippen molar-refractivity contribution in [2.24, 2.45) is 0 Å². The second-order valence-corrected chi connectivity index (χ2v) is 14.2. The highest BCUT2D eigenvalue weighted by Gasteiger charge is 2.56. The zero-order chi connectivity index (χ0) is 20.5. The number of hydrogen-bond acceptors (Lipinski definition) is 1. The Labute approximate surface area is 136 Å². The maximum atomic E-state index is 12.5. The van der Waals surface area contributed by atoms with Gasteiger partial charge in [-0.05, 0) is 13.1 Å². The van der Waals surface area contributed by atoms with Crippen LogP contribution in [0.5, 0.6) is 0 Å². The first-order valence-electron chi connectivity index (χ1n) is 6.50. The third-order valence-corrected chi connectivity index (χ3v) is 11.3. The molecular formula is C10H14F12OSi2. The molecule has 0 aliphatic heterocycles. The summed E-state index contributed by atoms with van der Waals surface area (Å²) < 4.78 is 155. The van der Waals surface area contributed by atoms with Crippen molar-refractivity contribution in [1.29, 1.82) is 0 Å². The Kier molecular flexibility index (Phi) is 7.16. The first-order valence-corrected chi connectivity index (χ1v) is 12.1. The van der Waals surface area contributed by atoms with Crippen molar-refractivity contribution in [2.75, 3.05) is 0 Å². The molecule has 0 radical (unpaired) electrons. The standard InChI is InChI=1S/C10H14F12OSi2/c1-24(3-7(11,12)13,4-8(14,15)16)23-25(2,5-9(17,18)19)6-10(20,21)22/h3-6H2,1-2H3. The molecule has 0 aromatic heterocycles. The number of halogens is 12. The van der Waals surface area contributed by atoms with Crippen molar-refractivity contribution in [2.45, 2.75) is 62.0 Å². The minimum Gasteiger partial charge on any atom is -0.454 e. The monoisotopic (exact) mass is 434 g/mol. The fourth-order valence-electron chi connectivity index (χ4n) is 2.56. The van der Waals surface area contributed by atoms with Crippen LogP contribution >= 0.6 is 0 Å². The van der Waals surface area contributed by atoms with E-state index in [0.717, 1.165) is 0 Å². The van der Waals surface area contributed by atoms with Crippen LogP contribution < -0.4 is 0 Å². The first-order chi connectivity index (χ1) is 10.5. The van der Waals surface area contributed by atoms with Gasteiger partial charge in [0.1, 0.15) is 0 Å². The molecule has 152 valence electrons.